The van der Waals surface area contributed by atoms with E-state index in [1.165, 1.54) is 7.11 Å². The second kappa shape index (κ2) is 3.67. The molecule has 1 aliphatic heterocycles. The Kier molecular flexibility index (Phi) is 2.82. The Morgan fingerprint density at radius 2 is 2.45 bits per heavy atom. The lowest BCUT2D eigenvalue weighted by molar-refractivity contribution is -0.150. The highest BCUT2D eigenvalue weighted by Gasteiger charge is 2.26. The molecule has 0 amide bonds. The number of esters is 1. The summed E-state index contributed by atoms with van der Waals surface area (Å²) in [6.07, 6.45) is 1.48. The summed E-state index contributed by atoms with van der Waals surface area (Å²) in [5, 5.41) is 0.672. The van der Waals surface area contributed by atoms with Crippen molar-refractivity contribution < 1.29 is 14.0 Å². The van der Waals surface area contributed by atoms with Crippen molar-refractivity contribution in [1.29, 1.82) is 0 Å². The molecule has 1 fully saturated rings. The fraction of sp³-hybridized carbons (Fsp3) is 0.857. The Bertz CT molecular complexity index is 151. The summed E-state index contributed by atoms with van der Waals surface area (Å²) in [6, 6.07) is 0. The molecule has 0 radical (unpaired) electrons. The Morgan fingerprint density at radius 1 is 1.73 bits per heavy atom. The minimum absolute atomic E-state index is 0.187. The number of carbonyl (C=O) groups is 1. The average Bonchev–Trinajstić information content (AvgIpc) is 2.03. The zero-order valence-electron chi connectivity index (χ0n) is 6.55. The van der Waals surface area contributed by atoms with Crippen LogP contribution in [0.2, 0.25) is 0 Å². The van der Waals surface area contributed by atoms with Crippen LogP contribution >= 0.6 is 0 Å². The number of hydrogen-bond donors (Lipinski definition) is 0. The molecule has 0 aliphatic carbocycles. The first-order valence-electron chi connectivity index (χ1n) is 3.72. The van der Waals surface area contributed by atoms with Gasteiger partial charge < -0.3 is 4.74 Å². The van der Waals surface area contributed by atoms with E-state index in [0.29, 0.717) is 11.7 Å². The van der Waals surface area contributed by atoms with Gasteiger partial charge in [-0.2, -0.15) is 0 Å². The minimum Gasteiger partial charge on any atom is -0.469 e. The maximum Gasteiger partial charge on any atom is 0.310 e. The lowest BCUT2D eigenvalue weighted by Crippen LogP contribution is -2.34. The topological polar surface area (TPSA) is 29.5 Å². The highest BCUT2D eigenvalue weighted by Crippen LogP contribution is 2.17. The molecule has 0 spiro atoms. The van der Waals surface area contributed by atoms with Gasteiger partial charge in [0.2, 0.25) is 0 Å². The maximum absolute atomic E-state index is 12.6. The van der Waals surface area contributed by atoms with E-state index < -0.39 is 0 Å². The molecule has 3 nitrogen and oxygen atoms in total. The highest BCUT2D eigenvalue weighted by atomic mass is 19.2. The van der Waals surface area contributed by atoms with E-state index in [0.717, 1.165) is 12.8 Å². The van der Waals surface area contributed by atoms with Crippen LogP contribution in [0.4, 0.5) is 4.48 Å². The molecule has 1 aliphatic rings. The van der Waals surface area contributed by atoms with Gasteiger partial charge in [0.15, 0.2) is 0 Å². The first-order chi connectivity index (χ1) is 5.24. The molecule has 1 heterocycles. The van der Waals surface area contributed by atoms with Gasteiger partial charge in [0, 0.05) is 13.1 Å². The van der Waals surface area contributed by atoms with Gasteiger partial charge in [-0.05, 0) is 12.8 Å². The smallest absolute Gasteiger partial charge is 0.310 e. The van der Waals surface area contributed by atoms with Gasteiger partial charge in [-0.15, -0.1) is 9.60 Å². The van der Waals surface area contributed by atoms with Gasteiger partial charge in [-0.1, -0.05) is 0 Å². The third-order valence-corrected chi connectivity index (χ3v) is 1.91. The maximum atomic E-state index is 12.6. The van der Waals surface area contributed by atoms with E-state index >= 15 is 0 Å². The quantitative estimate of drug-likeness (QED) is 0.420. The third-order valence-electron chi connectivity index (χ3n) is 1.91. The molecule has 1 unspecified atom stereocenters. The second-order valence-electron chi connectivity index (χ2n) is 2.73. The molecule has 1 saturated heterocycles. The number of halogens is 1. The van der Waals surface area contributed by atoms with Crippen LogP contribution in [0.25, 0.3) is 0 Å². The summed E-state index contributed by atoms with van der Waals surface area (Å²) in [5.41, 5.74) is 0. The predicted octanol–water partition coefficient (Wildman–Crippen LogP) is 0.756. The summed E-state index contributed by atoms with van der Waals surface area (Å²) < 4.78 is 17.1. The van der Waals surface area contributed by atoms with Gasteiger partial charge >= 0.3 is 5.97 Å². The molecular weight excluding hydrogens is 149 g/mol. The van der Waals surface area contributed by atoms with Crippen LogP contribution < -0.4 is 0 Å². The summed E-state index contributed by atoms with van der Waals surface area (Å²) in [7, 11) is 1.33. The van der Waals surface area contributed by atoms with Crippen molar-refractivity contribution in [3.8, 4) is 0 Å². The number of hydrogen-bond acceptors (Lipinski definition) is 3. The van der Waals surface area contributed by atoms with Crippen molar-refractivity contribution in [3.05, 3.63) is 0 Å². The van der Waals surface area contributed by atoms with Gasteiger partial charge in [-0.25, -0.2) is 0 Å². The van der Waals surface area contributed by atoms with Gasteiger partial charge in [-0.3, -0.25) is 4.79 Å². The fourth-order valence-electron chi connectivity index (χ4n) is 1.29. The molecule has 64 valence electrons. The molecule has 0 bridgehead atoms. The highest BCUT2D eigenvalue weighted by molar-refractivity contribution is 5.72. The molecular formula is C7H12FNO2. The molecule has 0 saturated carbocycles. The molecule has 0 aromatic heterocycles. The van der Waals surface area contributed by atoms with E-state index in [4.69, 9.17) is 0 Å². The molecule has 1 rings (SSSR count). The van der Waals surface area contributed by atoms with Crippen LogP contribution in [0.1, 0.15) is 12.8 Å². The van der Waals surface area contributed by atoms with Crippen LogP contribution in [-0.2, 0) is 9.53 Å². The van der Waals surface area contributed by atoms with Crippen molar-refractivity contribution in [3.63, 3.8) is 0 Å². The number of rotatable bonds is 1. The lowest BCUT2D eigenvalue weighted by Gasteiger charge is -2.23. The normalized spacial score (nSPS) is 26.5. The number of carbonyl (C=O) groups excluding carboxylic acids is 1. The first kappa shape index (κ1) is 8.46. The fourth-order valence-corrected chi connectivity index (χ4v) is 1.29. The Balaban J connectivity index is 2.39. The minimum atomic E-state index is -0.299. The van der Waals surface area contributed by atoms with E-state index in [1.807, 2.05) is 0 Å². The standard InChI is InChI=1S/C7H12FNO2/c1-11-7(10)6-3-2-4-9(8)5-6/h6H,2-5H2,1H3. The number of ether oxygens (including phenoxy) is 1. The van der Waals surface area contributed by atoms with Gasteiger partial charge in [0.05, 0.1) is 13.0 Å². The van der Waals surface area contributed by atoms with E-state index in [2.05, 4.69) is 4.74 Å². The zero-order valence-corrected chi connectivity index (χ0v) is 6.55. The molecule has 0 aromatic rings. The van der Waals surface area contributed by atoms with Crippen molar-refractivity contribution in [1.82, 2.24) is 5.12 Å². The number of methoxy groups -OCH3 is 1. The molecule has 1 atom stereocenters. The van der Waals surface area contributed by atoms with E-state index in [-0.39, 0.29) is 18.4 Å². The number of nitrogens with zero attached hydrogens (tertiary/aromatic N) is 1. The predicted molar refractivity (Wildman–Crippen MR) is 37.4 cm³/mol. The number of piperidine rings is 1. The summed E-state index contributed by atoms with van der Waals surface area (Å²) in [5.74, 6) is -0.564. The van der Waals surface area contributed by atoms with Crippen LogP contribution in [0.3, 0.4) is 0 Å². The van der Waals surface area contributed by atoms with Crippen LogP contribution in [-0.4, -0.2) is 31.3 Å². The Labute approximate surface area is 65.1 Å². The van der Waals surface area contributed by atoms with Crippen LogP contribution in [0.5, 0.6) is 0 Å². The van der Waals surface area contributed by atoms with E-state index in [1.54, 1.807) is 0 Å². The molecule has 0 aromatic carbocycles. The average molecular weight is 161 g/mol. The van der Waals surface area contributed by atoms with Gasteiger partial charge in [0.1, 0.15) is 0 Å². The SMILES string of the molecule is COC(=O)C1CCCN(F)C1. The second-order valence-corrected chi connectivity index (χ2v) is 2.73. The van der Waals surface area contributed by atoms with E-state index in [9.17, 15) is 9.28 Å². The third kappa shape index (κ3) is 2.15. The van der Waals surface area contributed by atoms with Crippen LogP contribution in [0, 0.1) is 5.92 Å². The van der Waals surface area contributed by atoms with Gasteiger partial charge in [0.25, 0.3) is 0 Å². The summed E-state index contributed by atoms with van der Waals surface area (Å²) in [6.45, 7) is 0.625. The molecule has 4 heteroatoms. The van der Waals surface area contributed by atoms with Crippen molar-refractivity contribution in [2.24, 2.45) is 5.92 Å². The monoisotopic (exact) mass is 161 g/mol. The zero-order chi connectivity index (χ0) is 8.27. The Morgan fingerprint density at radius 3 is 3.00 bits per heavy atom. The van der Waals surface area contributed by atoms with Crippen molar-refractivity contribution in [2.45, 2.75) is 12.8 Å². The molecule has 0 N–H and O–H groups in total. The van der Waals surface area contributed by atoms with Crippen molar-refractivity contribution >= 4 is 5.97 Å². The molecule has 11 heavy (non-hydrogen) atoms. The van der Waals surface area contributed by atoms with Crippen LogP contribution in [0.15, 0.2) is 0 Å². The summed E-state index contributed by atoms with van der Waals surface area (Å²) >= 11 is 0. The first-order valence-corrected chi connectivity index (χ1v) is 3.72. The largest absolute Gasteiger partial charge is 0.469 e. The Hall–Kier alpha value is -0.640. The summed E-state index contributed by atoms with van der Waals surface area (Å²) in [4.78, 5) is 10.9. The van der Waals surface area contributed by atoms with Crippen molar-refractivity contribution in [2.75, 3.05) is 20.2 Å². The lowest BCUT2D eigenvalue weighted by atomic mass is 10.00.